The van der Waals surface area contributed by atoms with Crippen LogP contribution in [0.1, 0.15) is 43.4 Å². The Morgan fingerprint density at radius 2 is 1.75 bits per heavy atom. The highest BCUT2D eigenvalue weighted by atomic mass is 16.3. The molecular formula is C19H25N3O2. The number of nitrogens with one attached hydrogen (secondary N) is 2. The summed E-state index contributed by atoms with van der Waals surface area (Å²) in [5, 5.41) is 15.5. The lowest BCUT2D eigenvalue weighted by Gasteiger charge is -2.21. The molecule has 5 nitrogen and oxygen atoms in total. The topological polar surface area (TPSA) is 74.2 Å². The molecule has 0 saturated carbocycles. The van der Waals surface area contributed by atoms with Gasteiger partial charge in [-0.25, -0.2) is 4.79 Å². The second-order valence-electron chi connectivity index (χ2n) is 6.05. The van der Waals surface area contributed by atoms with E-state index in [1.54, 1.807) is 19.3 Å². The van der Waals surface area contributed by atoms with Crippen LogP contribution in [0.4, 0.5) is 4.79 Å². The Morgan fingerprint density at radius 3 is 2.38 bits per heavy atom. The first-order valence-corrected chi connectivity index (χ1v) is 8.23. The second-order valence-corrected chi connectivity index (χ2v) is 6.05. The summed E-state index contributed by atoms with van der Waals surface area (Å²) in [6, 6.07) is 13.4. The van der Waals surface area contributed by atoms with Gasteiger partial charge < -0.3 is 15.7 Å². The molecule has 3 N–H and O–H groups in total. The Bertz CT molecular complexity index is 617. The van der Waals surface area contributed by atoms with Crippen molar-refractivity contribution in [1.82, 2.24) is 15.6 Å². The van der Waals surface area contributed by atoms with Gasteiger partial charge in [-0.2, -0.15) is 0 Å². The highest BCUT2D eigenvalue weighted by molar-refractivity contribution is 5.74. The lowest BCUT2D eigenvalue weighted by Crippen LogP contribution is -2.39. The first-order chi connectivity index (χ1) is 11.6. The molecule has 5 heteroatoms. The van der Waals surface area contributed by atoms with Crippen molar-refractivity contribution in [1.29, 1.82) is 0 Å². The highest BCUT2D eigenvalue weighted by Gasteiger charge is 2.16. The summed E-state index contributed by atoms with van der Waals surface area (Å²) < 4.78 is 0. The molecule has 0 aliphatic carbocycles. The molecule has 0 aliphatic rings. The van der Waals surface area contributed by atoms with Gasteiger partial charge >= 0.3 is 6.03 Å². The number of aliphatic hydroxyl groups is 1. The van der Waals surface area contributed by atoms with E-state index in [9.17, 15) is 9.90 Å². The summed E-state index contributed by atoms with van der Waals surface area (Å²) >= 11 is 0. The smallest absolute Gasteiger partial charge is 0.315 e. The number of carbonyl (C=O) groups excluding carboxylic acids is 1. The SMILES string of the molecule is CC(O)CC(CNC(=O)NC(C)c1ccncc1)c1ccccc1. The minimum absolute atomic E-state index is 0.0770. The van der Waals surface area contributed by atoms with Crippen LogP contribution in [0.25, 0.3) is 0 Å². The van der Waals surface area contributed by atoms with Crippen LogP contribution in [-0.4, -0.2) is 28.8 Å². The van der Waals surface area contributed by atoms with Gasteiger partial charge in [0, 0.05) is 24.9 Å². The van der Waals surface area contributed by atoms with Crippen LogP contribution in [0.5, 0.6) is 0 Å². The molecule has 1 aromatic heterocycles. The average molecular weight is 327 g/mol. The van der Waals surface area contributed by atoms with Gasteiger partial charge in [-0.05, 0) is 43.5 Å². The fourth-order valence-electron chi connectivity index (χ4n) is 2.67. The number of nitrogens with zero attached hydrogens (tertiary/aromatic N) is 1. The quantitative estimate of drug-likeness (QED) is 0.732. The molecule has 3 unspecified atom stereocenters. The third-order valence-electron chi connectivity index (χ3n) is 3.96. The standard InChI is InChI=1S/C19H25N3O2/c1-14(23)12-18(17-6-4-3-5-7-17)13-21-19(24)22-15(2)16-8-10-20-11-9-16/h3-11,14-15,18,23H,12-13H2,1-2H3,(H2,21,22,24). The van der Waals surface area contributed by atoms with Gasteiger partial charge in [0.15, 0.2) is 0 Å². The van der Waals surface area contributed by atoms with Crippen LogP contribution in [-0.2, 0) is 0 Å². The lowest BCUT2D eigenvalue weighted by atomic mass is 9.93. The molecule has 2 aromatic rings. The molecule has 0 aliphatic heterocycles. The third kappa shape index (κ3) is 5.66. The van der Waals surface area contributed by atoms with Gasteiger partial charge in [-0.15, -0.1) is 0 Å². The zero-order chi connectivity index (χ0) is 17.4. The predicted octanol–water partition coefficient (Wildman–Crippen LogP) is 3.00. The number of amides is 2. The number of aliphatic hydroxyl groups excluding tert-OH is 1. The van der Waals surface area contributed by atoms with Crippen LogP contribution < -0.4 is 10.6 Å². The summed E-state index contributed by atoms with van der Waals surface area (Å²) in [6.07, 6.45) is 3.60. The molecule has 128 valence electrons. The molecule has 1 heterocycles. The number of carbonyl (C=O) groups is 1. The van der Waals surface area contributed by atoms with E-state index in [4.69, 9.17) is 0 Å². The molecule has 3 atom stereocenters. The lowest BCUT2D eigenvalue weighted by molar-refractivity contribution is 0.173. The van der Waals surface area contributed by atoms with E-state index in [2.05, 4.69) is 15.6 Å². The Kier molecular flexibility index (Phi) is 6.75. The van der Waals surface area contributed by atoms with Crippen molar-refractivity contribution in [2.45, 2.75) is 38.3 Å². The molecule has 0 radical (unpaired) electrons. The average Bonchev–Trinajstić information content (AvgIpc) is 2.59. The molecule has 24 heavy (non-hydrogen) atoms. The summed E-state index contributed by atoms with van der Waals surface area (Å²) in [4.78, 5) is 16.1. The van der Waals surface area contributed by atoms with Crippen LogP contribution in [0.2, 0.25) is 0 Å². The Hall–Kier alpha value is -2.40. The van der Waals surface area contributed by atoms with E-state index < -0.39 is 6.10 Å². The maximum atomic E-state index is 12.1. The van der Waals surface area contributed by atoms with E-state index in [0.717, 1.165) is 11.1 Å². The van der Waals surface area contributed by atoms with Crippen molar-refractivity contribution in [3.05, 3.63) is 66.0 Å². The maximum absolute atomic E-state index is 12.1. The first-order valence-electron chi connectivity index (χ1n) is 8.23. The van der Waals surface area contributed by atoms with Crippen LogP contribution in [0, 0.1) is 0 Å². The fraction of sp³-hybridized carbons (Fsp3) is 0.368. The number of pyridine rings is 1. The van der Waals surface area contributed by atoms with E-state index in [-0.39, 0.29) is 18.0 Å². The third-order valence-corrected chi connectivity index (χ3v) is 3.96. The molecule has 2 rings (SSSR count). The fourth-order valence-corrected chi connectivity index (χ4v) is 2.67. The van der Waals surface area contributed by atoms with Gasteiger partial charge in [0.05, 0.1) is 12.1 Å². The van der Waals surface area contributed by atoms with Crippen LogP contribution in [0.3, 0.4) is 0 Å². The number of hydrogen-bond donors (Lipinski definition) is 3. The number of rotatable bonds is 7. The maximum Gasteiger partial charge on any atom is 0.315 e. The minimum Gasteiger partial charge on any atom is -0.393 e. The van der Waals surface area contributed by atoms with E-state index >= 15 is 0 Å². The largest absolute Gasteiger partial charge is 0.393 e. The van der Waals surface area contributed by atoms with Crippen molar-refractivity contribution in [2.24, 2.45) is 0 Å². The highest BCUT2D eigenvalue weighted by Crippen LogP contribution is 2.20. The van der Waals surface area contributed by atoms with E-state index in [1.807, 2.05) is 49.4 Å². The van der Waals surface area contributed by atoms with E-state index in [0.29, 0.717) is 13.0 Å². The normalized spacial score (nSPS) is 14.5. The molecule has 0 saturated heterocycles. The number of urea groups is 1. The molecule has 1 aromatic carbocycles. The number of hydrogen-bond acceptors (Lipinski definition) is 3. The molecular weight excluding hydrogens is 302 g/mol. The first kappa shape index (κ1) is 17.9. The van der Waals surface area contributed by atoms with Crippen molar-refractivity contribution < 1.29 is 9.90 Å². The zero-order valence-corrected chi connectivity index (χ0v) is 14.1. The van der Waals surface area contributed by atoms with E-state index in [1.165, 1.54) is 0 Å². The Morgan fingerprint density at radius 1 is 1.08 bits per heavy atom. The summed E-state index contributed by atoms with van der Waals surface area (Å²) in [5.74, 6) is 0.0770. The molecule has 0 fully saturated rings. The van der Waals surface area contributed by atoms with Gasteiger partial charge in [-0.3, -0.25) is 4.98 Å². The second kappa shape index (κ2) is 9.03. The monoisotopic (exact) mass is 327 g/mol. The van der Waals surface area contributed by atoms with Crippen molar-refractivity contribution in [3.8, 4) is 0 Å². The summed E-state index contributed by atoms with van der Waals surface area (Å²) in [7, 11) is 0. The van der Waals surface area contributed by atoms with Gasteiger partial charge in [0.2, 0.25) is 0 Å². The van der Waals surface area contributed by atoms with Gasteiger partial charge in [-0.1, -0.05) is 30.3 Å². The predicted molar refractivity (Wildman–Crippen MR) is 94.7 cm³/mol. The molecule has 0 spiro atoms. The zero-order valence-electron chi connectivity index (χ0n) is 14.1. The molecule has 0 bridgehead atoms. The van der Waals surface area contributed by atoms with Gasteiger partial charge in [0.1, 0.15) is 0 Å². The van der Waals surface area contributed by atoms with Crippen LogP contribution >= 0.6 is 0 Å². The molecule has 2 amide bonds. The van der Waals surface area contributed by atoms with Gasteiger partial charge in [0.25, 0.3) is 0 Å². The summed E-state index contributed by atoms with van der Waals surface area (Å²) in [6.45, 7) is 4.17. The van der Waals surface area contributed by atoms with Crippen molar-refractivity contribution in [3.63, 3.8) is 0 Å². The minimum atomic E-state index is -0.421. The Labute approximate surface area is 143 Å². The number of aromatic nitrogens is 1. The van der Waals surface area contributed by atoms with Crippen molar-refractivity contribution in [2.75, 3.05) is 6.54 Å². The Balaban J connectivity index is 1.90. The number of benzene rings is 1. The van der Waals surface area contributed by atoms with Crippen LogP contribution in [0.15, 0.2) is 54.9 Å². The van der Waals surface area contributed by atoms with Crippen molar-refractivity contribution >= 4 is 6.03 Å². The summed E-state index contributed by atoms with van der Waals surface area (Å²) in [5.41, 5.74) is 2.12.